The van der Waals surface area contributed by atoms with Gasteiger partial charge in [-0.3, -0.25) is 4.68 Å². The zero-order valence-electron chi connectivity index (χ0n) is 13.4. The van der Waals surface area contributed by atoms with Crippen molar-refractivity contribution in [1.29, 1.82) is 0 Å². The number of hydrogen-bond donors (Lipinski definition) is 3. The van der Waals surface area contributed by atoms with Gasteiger partial charge >= 0.3 is 6.09 Å². The topological polar surface area (TPSA) is 145 Å². The highest BCUT2D eigenvalue weighted by Gasteiger charge is 2.24. The van der Waals surface area contributed by atoms with Crippen molar-refractivity contribution in [1.82, 2.24) is 14.7 Å². The van der Waals surface area contributed by atoms with Crippen molar-refractivity contribution in [3.63, 3.8) is 0 Å². The second kappa shape index (κ2) is 6.37. The number of carboxylic acid groups (broad SMARTS) is 1. The summed E-state index contributed by atoms with van der Waals surface area (Å²) in [7, 11) is -3.93. The van der Waals surface area contributed by atoms with E-state index in [0.717, 1.165) is 0 Å². The molecule has 134 valence electrons. The summed E-state index contributed by atoms with van der Waals surface area (Å²) in [6, 6.07) is 4.60. The molecule has 1 aromatic heterocycles. The number of hydrogen-bond acceptors (Lipinski definition) is 5. The van der Waals surface area contributed by atoms with E-state index in [9.17, 15) is 13.2 Å². The summed E-state index contributed by atoms with van der Waals surface area (Å²) in [5.41, 5.74) is 7.03. The van der Waals surface area contributed by atoms with Gasteiger partial charge in [-0.2, -0.15) is 5.10 Å². The number of nitrogens with zero attached hydrogens (tertiary/aromatic N) is 3. The molecule has 0 saturated carbocycles. The first-order valence-electron chi connectivity index (χ1n) is 7.70. The molecule has 25 heavy (non-hydrogen) atoms. The summed E-state index contributed by atoms with van der Waals surface area (Å²) in [4.78, 5) is 12.3. The van der Waals surface area contributed by atoms with Gasteiger partial charge in [-0.05, 0) is 25.0 Å². The fourth-order valence-electron chi connectivity index (χ4n) is 3.01. The molecule has 0 radical (unpaired) electrons. The van der Waals surface area contributed by atoms with E-state index < -0.39 is 16.1 Å². The molecule has 1 saturated heterocycles. The van der Waals surface area contributed by atoms with Crippen LogP contribution in [0.5, 0.6) is 0 Å². The van der Waals surface area contributed by atoms with E-state index in [4.69, 9.17) is 16.0 Å². The van der Waals surface area contributed by atoms with E-state index >= 15 is 0 Å². The minimum absolute atomic E-state index is 0.0484. The molecule has 10 heteroatoms. The molecule has 1 aliphatic rings. The quantitative estimate of drug-likeness (QED) is 0.694. The molecule has 1 fully saturated rings. The van der Waals surface area contributed by atoms with Gasteiger partial charge in [0.25, 0.3) is 0 Å². The number of nitrogen functional groups attached to an aromatic ring is 1. The van der Waals surface area contributed by atoms with Gasteiger partial charge in [0.1, 0.15) is 0 Å². The monoisotopic (exact) mass is 365 g/mol. The van der Waals surface area contributed by atoms with Gasteiger partial charge in [-0.25, -0.2) is 18.4 Å². The van der Waals surface area contributed by atoms with Crippen LogP contribution < -0.4 is 10.9 Å². The number of carbonyl (C=O) groups is 1. The maximum Gasteiger partial charge on any atom is 0.407 e. The number of likely N-dealkylation sites (tertiary alicyclic amines) is 1. The van der Waals surface area contributed by atoms with Crippen LogP contribution in [0.3, 0.4) is 0 Å². The summed E-state index contributed by atoms with van der Waals surface area (Å²) in [5.74, 6) is 0. The zero-order valence-corrected chi connectivity index (χ0v) is 14.2. The van der Waals surface area contributed by atoms with Gasteiger partial charge in [0.05, 0.1) is 17.1 Å². The summed E-state index contributed by atoms with van der Waals surface area (Å²) in [5, 5.41) is 18.6. The summed E-state index contributed by atoms with van der Waals surface area (Å²) in [6.07, 6.45) is 3.71. The first-order chi connectivity index (χ1) is 11.8. The molecule has 0 spiro atoms. The molecule has 1 aliphatic heterocycles. The Morgan fingerprint density at radius 2 is 1.96 bits per heavy atom. The van der Waals surface area contributed by atoms with Crippen LogP contribution >= 0.6 is 0 Å². The molecule has 3 rings (SSSR count). The van der Waals surface area contributed by atoms with Crippen LogP contribution in [0, 0.1) is 0 Å². The van der Waals surface area contributed by atoms with Crippen molar-refractivity contribution < 1.29 is 18.3 Å². The van der Waals surface area contributed by atoms with Gasteiger partial charge in [0, 0.05) is 36.1 Å². The van der Waals surface area contributed by atoms with Gasteiger partial charge in [-0.1, -0.05) is 6.07 Å². The van der Waals surface area contributed by atoms with Crippen LogP contribution in [-0.4, -0.2) is 47.4 Å². The molecule has 0 atom stereocenters. The maximum absolute atomic E-state index is 11.8. The molecular formula is C15H19N5O4S. The number of primary sulfonamides is 1. The summed E-state index contributed by atoms with van der Waals surface area (Å²) in [6.45, 7) is 0.888. The molecule has 0 bridgehead atoms. The lowest BCUT2D eigenvalue weighted by atomic mass is 10.1. The SMILES string of the molecule is Nc1ccc(-c2cnn(C3CCN(C(=O)O)CC3)c2)c(S(N)(=O)=O)c1. The minimum atomic E-state index is -3.93. The molecule has 2 aromatic rings. The van der Waals surface area contributed by atoms with Crippen molar-refractivity contribution in [2.45, 2.75) is 23.8 Å². The largest absolute Gasteiger partial charge is 0.465 e. The highest BCUT2D eigenvalue weighted by molar-refractivity contribution is 7.89. The number of sulfonamides is 1. The second-order valence-electron chi connectivity index (χ2n) is 6.01. The van der Waals surface area contributed by atoms with Crippen LogP contribution in [-0.2, 0) is 10.0 Å². The van der Waals surface area contributed by atoms with Crippen LogP contribution in [0.2, 0.25) is 0 Å². The van der Waals surface area contributed by atoms with Gasteiger partial charge in [0.15, 0.2) is 0 Å². The van der Waals surface area contributed by atoms with Crippen LogP contribution in [0.1, 0.15) is 18.9 Å². The van der Waals surface area contributed by atoms with Crippen LogP contribution in [0.15, 0.2) is 35.5 Å². The van der Waals surface area contributed by atoms with Crippen molar-refractivity contribution in [2.75, 3.05) is 18.8 Å². The second-order valence-corrected chi connectivity index (χ2v) is 7.54. The third-order valence-electron chi connectivity index (χ3n) is 4.33. The van der Waals surface area contributed by atoms with E-state index in [1.807, 2.05) is 0 Å². The minimum Gasteiger partial charge on any atom is -0.465 e. The highest BCUT2D eigenvalue weighted by Crippen LogP contribution is 2.30. The lowest BCUT2D eigenvalue weighted by molar-refractivity contribution is 0.124. The lowest BCUT2D eigenvalue weighted by Crippen LogP contribution is -2.38. The van der Waals surface area contributed by atoms with Crippen LogP contribution in [0.25, 0.3) is 11.1 Å². The van der Waals surface area contributed by atoms with Crippen LogP contribution in [0.4, 0.5) is 10.5 Å². The Morgan fingerprint density at radius 1 is 1.28 bits per heavy atom. The fraction of sp³-hybridized carbons (Fsp3) is 0.333. The number of anilines is 1. The number of aromatic nitrogens is 2. The maximum atomic E-state index is 11.8. The predicted molar refractivity (Wildman–Crippen MR) is 91.3 cm³/mol. The molecule has 0 aliphatic carbocycles. The Balaban J connectivity index is 1.87. The molecule has 0 unspecified atom stereocenters. The fourth-order valence-corrected chi connectivity index (χ4v) is 3.80. The summed E-state index contributed by atoms with van der Waals surface area (Å²) < 4.78 is 25.4. The number of nitrogens with two attached hydrogens (primary N) is 2. The Morgan fingerprint density at radius 3 is 2.56 bits per heavy atom. The van der Waals surface area contributed by atoms with E-state index in [-0.39, 0.29) is 10.9 Å². The molecular weight excluding hydrogens is 346 g/mol. The average Bonchev–Trinajstić information content (AvgIpc) is 3.04. The van der Waals surface area contributed by atoms with E-state index in [0.29, 0.717) is 42.7 Å². The van der Waals surface area contributed by atoms with E-state index in [1.54, 1.807) is 29.2 Å². The van der Waals surface area contributed by atoms with E-state index in [2.05, 4.69) is 5.10 Å². The lowest BCUT2D eigenvalue weighted by Gasteiger charge is -2.30. The molecule has 2 heterocycles. The predicted octanol–water partition coefficient (Wildman–Crippen LogP) is 1.09. The first-order valence-corrected chi connectivity index (χ1v) is 9.25. The van der Waals surface area contributed by atoms with E-state index in [1.165, 1.54) is 11.0 Å². The smallest absolute Gasteiger partial charge is 0.407 e. The Labute approximate surface area is 144 Å². The normalized spacial score (nSPS) is 16.1. The molecule has 1 aromatic carbocycles. The van der Waals surface area contributed by atoms with Crippen molar-refractivity contribution in [3.05, 3.63) is 30.6 Å². The zero-order chi connectivity index (χ0) is 18.2. The molecule has 5 N–H and O–H groups in total. The van der Waals surface area contributed by atoms with Crippen molar-refractivity contribution in [2.24, 2.45) is 5.14 Å². The summed E-state index contributed by atoms with van der Waals surface area (Å²) >= 11 is 0. The Hall–Kier alpha value is -2.59. The van der Waals surface area contributed by atoms with Gasteiger partial charge in [0.2, 0.25) is 10.0 Å². The number of amides is 1. The first kappa shape index (κ1) is 17.2. The molecule has 1 amide bonds. The Bertz CT molecular complexity index is 900. The molecule has 9 nitrogen and oxygen atoms in total. The third kappa shape index (κ3) is 3.59. The standard InChI is InChI=1S/C15H19N5O4S/c16-11-1-2-13(14(7-11)25(17,23)24)10-8-18-20(9-10)12-3-5-19(6-4-12)15(21)22/h1-2,7-9,12H,3-6,16H2,(H,21,22)(H2,17,23,24). The Kier molecular flexibility index (Phi) is 4.39. The van der Waals surface area contributed by atoms with Gasteiger partial charge in [-0.15, -0.1) is 0 Å². The van der Waals surface area contributed by atoms with Crippen molar-refractivity contribution in [3.8, 4) is 11.1 Å². The van der Waals surface area contributed by atoms with Gasteiger partial charge < -0.3 is 15.7 Å². The number of rotatable bonds is 3. The number of benzene rings is 1. The highest BCUT2D eigenvalue weighted by atomic mass is 32.2. The number of piperidine rings is 1. The third-order valence-corrected chi connectivity index (χ3v) is 5.28. The average molecular weight is 365 g/mol. The van der Waals surface area contributed by atoms with Crippen molar-refractivity contribution >= 4 is 21.8 Å².